The lowest BCUT2D eigenvalue weighted by atomic mass is 9.66. The number of para-hydroxylation sites is 1. The van der Waals surface area contributed by atoms with Crippen molar-refractivity contribution in [2.24, 2.45) is 11.3 Å². The zero-order chi connectivity index (χ0) is 26.6. The van der Waals surface area contributed by atoms with E-state index >= 15 is 0 Å². The van der Waals surface area contributed by atoms with Gasteiger partial charge in [0.05, 0.1) is 0 Å². The quantitative estimate of drug-likeness (QED) is 0.383. The Balaban J connectivity index is 1.79. The van der Waals surface area contributed by atoms with Crippen LogP contribution in [0.15, 0.2) is 78.9 Å². The molecule has 37 heavy (non-hydrogen) atoms. The summed E-state index contributed by atoms with van der Waals surface area (Å²) in [5.41, 5.74) is 3.73. The molecule has 0 atom stereocenters. The number of nitrogens with one attached hydrogen (secondary N) is 1. The Hall–Kier alpha value is -3.40. The van der Waals surface area contributed by atoms with Gasteiger partial charge in [0.25, 0.3) is 5.91 Å². The van der Waals surface area contributed by atoms with Crippen molar-refractivity contribution in [2.75, 3.05) is 5.32 Å². The number of hydrogen-bond donors (Lipinski definition) is 1. The largest absolute Gasteiger partial charge is 0.324 e. The van der Waals surface area contributed by atoms with Crippen LogP contribution in [-0.4, -0.2) is 22.3 Å². The Kier molecular flexibility index (Phi) is 7.87. The minimum absolute atomic E-state index is 0.0857. The van der Waals surface area contributed by atoms with Crippen molar-refractivity contribution in [2.45, 2.75) is 72.4 Å². The molecule has 4 rings (SSSR count). The Bertz CT molecular complexity index is 1200. The molecule has 1 fully saturated rings. The van der Waals surface area contributed by atoms with Crippen LogP contribution in [0.1, 0.15) is 73.5 Å². The molecule has 1 aliphatic carbocycles. The second-order valence-electron chi connectivity index (χ2n) is 11.6. The normalized spacial score (nSPS) is 19.8. The first kappa shape index (κ1) is 26.7. The molecule has 4 heteroatoms. The summed E-state index contributed by atoms with van der Waals surface area (Å²) < 4.78 is 0. The van der Waals surface area contributed by atoms with Crippen LogP contribution >= 0.6 is 0 Å². The summed E-state index contributed by atoms with van der Waals surface area (Å²) in [6.07, 6.45) is 3.07. The Morgan fingerprint density at radius 2 is 1.38 bits per heavy atom. The highest BCUT2D eigenvalue weighted by molar-refractivity contribution is 6.04. The molecule has 1 saturated carbocycles. The molecule has 1 N–H and O–H groups in total. The van der Waals surface area contributed by atoms with Crippen molar-refractivity contribution in [3.8, 4) is 0 Å². The number of aryl methyl sites for hydroxylation is 2. The van der Waals surface area contributed by atoms with Gasteiger partial charge in [-0.2, -0.15) is 0 Å². The third-order valence-corrected chi connectivity index (χ3v) is 8.15. The maximum Gasteiger partial charge on any atom is 0.255 e. The van der Waals surface area contributed by atoms with Crippen LogP contribution in [0.4, 0.5) is 5.69 Å². The zero-order valence-electron chi connectivity index (χ0n) is 22.9. The smallest absolute Gasteiger partial charge is 0.255 e. The molecule has 1 aliphatic rings. The Labute approximate surface area is 222 Å². The first-order chi connectivity index (χ1) is 17.6. The van der Waals surface area contributed by atoms with Crippen LogP contribution in [0.3, 0.4) is 0 Å². The maximum absolute atomic E-state index is 14.4. The molecule has 0 aliphatic heterocycles. The molecule has 2 amide bonds. The van der Waals surface area contributed by atoms with Crippen LogP contribution < -0.4 is 5.32 Å². The van der Waals surface area contributed by atoms with E-state index in [1.807, 2.05) is 97.6 Å². The molecule has 0 heterocycles. The molecule has 0 radical (unpaired) electrons. The van der Waals surface area contributed by atoms with E-state index in [4.69, 9.17) is 0 Å². The van der Waals surface area contributed by atoms with Crippen LogP contribution in [0.2, 0.25) is 0 Å². The minimum Gasteiger partial charge on any atom is -0.324 e. The molecular weight excluding hydrogens is 456 g/mol. The lowest BCUT2D eigenvalue weighted by Gasteiger charge is -2.49. The zero-order valence-corrected chi connectivity index (χ0v) is 22.9. The topological polar surface area (TPSA) is 49.4 Å². The molecule has 3 aromatic rings. The summed E-state index contributed by atoms with van der Waals surface area (Å²) in [7, 11) is 0. The van der Waals surface area contributed by atoms with Gasteiger partial charge in [-0.05, 0) is 79.7 Å². The number of benzene rings is 3. The highest BCUT2D eigenvalue weighted by atomic mass is 16.2. The van der Waals surface area contributed by atoms with E-state index in [1.165, 1.54) is 0 Å². The van der Waals surface area contributed by atoms with Gasteiger partial charge in [-0.25, -0.2) is 0 Å². The van der Waals surface area contributed by atoms with E-state index in [0.29, 0.717) is 30.9 Å². The molecular formula is C33H40N2O2. The van der Waals surface area contributed by atoms with Crippen molar-refractivity contribution < 1.29 is 9.59 Å². The van der Waals surface area contributed by atoms with Crippen molar-refractivity contribution >= 4 is 17.5 Å². The number of anilines is 1. The lowest BCUT2D eigenvalue weighted by Crippen LogP contribution is -2.60. The number of carbonyl (C=O) groups is 2. The molecule has 0 saturated heterocycles. The van der Waals surface area contributed by atoms with Crippen LogP contribution in [0.25, 0.3) is 0 Å². The summed E-state index contributed by atoms with van der Waals surface area (Å²) in [6, 6.07) is 25.4. The predicted octanol–water partition coefficient (Wildman–Crippen LogP) is 7.56. The van der Waals surface area contributed by atoms with Gasteiger partial charge < -0.3 is 10.2 Å². The van der Waals surface area contributed by atoms with Gasteiger partial charge in [-0.3, -0.25) is 9.59 Å². The first-order valence-corrected chi connectivity index (χ1v) is 13.4. The van der Waals surface area contributed by atoms with Crippen LogP contribution in [0, 0.1) is 25.2 Å². The molecule has 3 aromatic carbocycles. The number of rotatable bonds is 6. The monoisotopic (exact) mass is 496 g/mol. The van der Waals surface area contributed by atoms with Gasteiger partial charge in [0.2, 0.25) is 5.91 Å². The highest BCUT2D eigenvalue weighted by Crippen LogP contribution is 2.45. The third-order valence-electron chi connectivity index (χ3n) is 8.15. The van der Waals surface area contributed by atoms with Crippen molar-refractivity contribution in [1.82, 2.24) is 4.90 Å². The standard InChI is InChI=1S/C33H40N2O2/c1-24-13-12-14-25(2)29(24)34-31(37)33(21-19-28(20-22-33)32(3,4)5)35(23-26-15-8-6-9-16-26)30(36)27-17-10-7-11-18-27/h6-18,28H,19-23H2,1-5H3,(H,34,37). The molecule has 0 bridgehead atoms. The SMILES string of the molecule is Cc1cccc(C)c1NC(=O)C1(N(Cc2ccccc2)C(=O)c2ccccc2)CCC(C(C)(C)C)CC1. The molecule has 194 valence electrons. The molecule has 0 aromatic heterocycles. The summed E-state index contributed by atoms with van der Waals surface area (Å²) in [5, 5.41) is 3.28. The number of hydrogen-bond acceptors (Lipinski definition) is 2. The fraction of sp³-hybridized carbons (Fsp3) is 0.394. The number of amides is 2. The lowest BCUT2D eigenvalue weighted by molar-refractivity contribution is -0.130. The molecule has 4 nitrogen and oxygen atoms in total. The second-order valence-corrected chi connectivity index (χ2v) is 11.6. The Morgan fingerprint density at radius 3 is 1.92 bits per heavy atom. The van der Waals surface area contributed by atoms with Crippen molar-refractivity contribution in [3.63, 3.8) is 0 Å². The van der Waals surface area contributed by atoms with Crippen molar-refractivity contribution in [1.29, 1.82) is 0 Å². The summed E-state index contributed by atoms with van der Waals surface area (Å²) >= 11 is 0. The van der Waals surface area contributed by atoms with Crippen LogP contribution in [-0.2, 0) is 11.3 Å². The molecule has 0 spiro atoms. The van der Waals surface area contributed by atoms with Crippen molar-refractivity contribution in [3.05, 3.63) is 101 Å². The van der Waals surface area contributed by atoms with Gasteiger partial charge in [0, 0.05) is 17.8 Å². The number of nitrogens with zero attached hydrogens (tertiary/aromatic N) is 1. The van der Waals surface area contributed by atoms with E-state index in [1.54, 1.807) is 0 Å². The first-order valence-electron chi connectivity index (χ1n) is 13.4. The fourth-order valence-corrected chi connectivity index (χ4v) is 5.74. The predicted molar refractivity (Wildman–Crippen MR) is 151 cm³/mol. The molecule has 0 unspecified atom stereocenters. The van der Waals surface area contributed by atoms with E-state index in [2.05, 4.69) is 26.1 Å². The maximum atomic E-state index is 14.4. The van der Waals surface area contributed by atoms with E-state index in [0.717, 1.165) is 35.2 Å². The van der Waals surface area contributed by atoms with E-state index in [9.17, 15) is 9.59 Å². The average Bonchev–Trinajstić information content (AvgIpc) is 2.89. The van der Waals surface area contributed by atoms with E-state index in [-0.39, 0.29) is 17.2 Å². The minimum atomic E-state index is -0.945. The second kappa shape index (κ2) is 10.9. The number of carbonyl (C=O) groups excluding carboxylic acids is 2. The van der Waals surface area contributed by atoms with Gasteiger partial charge in [-0.15, -0.1) is 0 Å². The van der Waals surface area contributed by atoms with Crippen LogP contribution in [0.5, 0.6) is 0 Å². The third kappa shape index (κ3) is 5.79. The average molecular weight is 497 g/mol. The summed E-state index contributed by atoms with van der Waals surface area (Å²) in [5.74, 6) is 0.312. The van der Waals surface area contributed by atoms with Gasteiger partial charge in [-0.1, -0.05) is 87.5 Å². The Morgan fingerprint density at radius 1 is 0.838 bits per heavy atom. The van der Waals surface area contributed by atoms with Gasteiger partial charge in [0.1, 0.15) is 5.54 Å². The van der Waals surface area contributed by atoms with E-state index < -0.39 is 5.54 Å². The fourth-order valence-electron chi connectivity index (χ4n) is 5.74. The summed E-state index contributed by atoms with van der Waals surface area (Å²) in [6.45, 7) is 11.2. The van der Waals surface area contributed by atoms with Gasteiger partial charge in [0.15, 0.2) is 0 Å². The summed E-state index contributed by atoms with van der Waals surface area (Å²) in [4.78, 5) is 30.4. The highest BCUT2D eigenvalue weighted by Gasteiger charge is 2.50. The van der Waals surface area contributed by atoms with Gasteiger partial charge >= 0.3 is 0 Å².